The highest BCUT2D eigenvalue weighted by atomic mass is 35.5. The van der Waals surface area contributed by atoms with Crippen molar-refractivity contribution >= 4 is 12.4 Å². The van der Waals surface area contributed by atoms with Crippen LogP contribution in [0.3, 0.4) is 0 Å². The Balaban J connectivity index is 0.000000500. The minimum atomic E-state index is 0. The van der Waals surface area contributed by atoms with Gasteiger partial charge in [-0.25, -0.2) is 0 Å². The van der Waals surface area contributed by atoms with Crippen molar-refractivity contribution in [2.45, 2.75) is 31.3 Å². The van der Waals surface area contributed by atoms with Crippen molar-refractivity contribution in [2.75, 3.05) is 13.2 Å². The van der Waals surface area contributed by atoms with Crippen LogP contribution in [-0.4, -0.2) is 25.3 Å². The van der Waals surface area contributed by atoms with Gasteiger partial charge in [-0.1, -0.05) is 6.42 Å². The zero-order valence-corrected chi connectivity index (χ0v) is 6.82. The first-order chi connectivity index (χ1) is 4.45. The Morgan fingerprint density at radius 3 is 2.20 bits per heavy atom. The zero-order valence-electron chi connectivity index (χ0n) is 6.01. The maximum Gasteiger partial charge on any atom is 0.0620 e. The summed E-state index contributed by atoms with van der Waals surface area (Å²) in [6, 6.07) is 1.36. The molecule has 2 atom stereocenters. The average Bonchev–Trinajstić information content (AvgIpc) is 1.88. The van der Waals surface area contributed by atoms with Gasteiger partial charge in [-0.3, -0.25) is 0 Å². The summed E-state index contributed by atoms with van der Waals surface area (Å²) in [6.45, 7) is 1.88. The summed E-state index contributed by atoms with van der Waals surface area (Å²) in [6.07, 6.45) is 4.03. The number of morpholine rings is 1. The Bertz CT molecular complexity index is 89.8. The van der Waals surface area contributed by atoms with Crippen molar-refractivity contribution < 1.29 is 4.74 Å². The fourth-order valence-corrected chi connectivity index (χ4v) is 1.73. The number of rotatable bonds is 0. The number of nitrogens with one attached hydrogen (secondary N) is 1. The van der Waals surface area contributed by atoms with Crippen LogP contribution in [0.25, 0.3) is 0 Å². The summed E-state index contributed by atoms with van der Waals surface area (Å²) >= 11 is 0. The molecule has 2 heterocycles. The van der Waals surface area contributed by atoms with E-state index in [1.54, 1.807) is 0 Å². The van der Waals surface area contributed by atoms with Crippen molar-refractivity contribution in [3.63, 3.8) is 0 Å². The van der Waals surface area contributed by atoms with Crippen molar-refractivity contribution in [3.8, 4) is 0 Å². The van der Waals surface area contributed by atoms with Gasteiger partial charge in [0.25, 0.3) is 0 Å². The van der Waals surface area contributed by atoms with Gasteiger partial charge in [0, 0.05) is 12.1 Å². The van der Waals surface area contributed by atoms with Crippen LogP contribution in [0.2, 0.25) is 0 Å². The summed E-state index contributed by atoms with van der Waals surface area (Å²) in [4.78, 5) is 0. The lowest BCUT2D eigenvalue weighted by molar-refractivity contribution is 0.0238. The summed E-state index contributed by atoms with van der Waals surface area (Å²) in [5.41, 5.74) is 0. The van der Waals surface area contributed by atoms with Gasteiger partial charge in [-0.05, 0) is 12.8 Å². The molecular formula is C7H14ClNO. The lowest BCUT2D eigenvalue weighted by Gasteiger charge is -2.35. The Hall–Kier alpha value is 0.210. The van der Waals surface area contributed by atoms with Gasteiger partial charge in [0.1, 0.15) is 0 Å². The number of ether oxygens (including phenoxy) is 1. The first-order valence-electron chi connectivity index (χ1n) is 3.79. The van der Waals surface area contributed by atoms with E-state index >= 15 is 0 Å². The third kappa shape index (κ3) is 1.62. The smallest absolute Gasteiger partial charge is 0.0620 e. The fourth-order valence-electron chi connectivity index (χ4n) is 1.73. The first-order valence-corrected chi connectivity index (χ1v) is 3.79. The van der Waals surface area contributed by atoms with Crippen LogP contribution in [0.4, 0.5) is 0 Å². The number of hydrogen-bond donors (Lipinski definition) is 1. The zero-order chi connectivity index (χ0) is 6.10. The van der Waals surface area contributed by atoms with Crippen molar-refractivity contribution in [1.29, 1.82) is 0 Å². The van der Waals surface area contributed by atoms with E-state index in [0.29, 0.717) is 12.1 Å². The van der Waals surface area contributed by atoms with E-state index in [4.69, 9.17) is 4.74 Å². The summed E-state index contributed by atoms with van der Waals surface area (Å²) in [7, 11) is 0. The number of piperidine rings is 1. The monoisotopic (exact) mass is 163 g/mol. The van der Waals surface area contributed by atoms with E-state index in [9.17, 15) is 0 Å². The Morgan fingerprint density at radius 2 is 1.70 bits per heavy atom. The largest absolute Gasteiger partial charge is 0.378 e. The minimum Gasteiger partial charge on any atom is -0.378 e. The molecule has 60 valence electrons. The van der Waals surface area contributed by atoms with E-state index in [2.05, 4.69) is 5.32 Å². The molecule has 0 aliphatic carbocycles. The third-order valence-corrected chi connectivity index (χ3v) is 2.21. The van der Waals surface area contributed by atoms with E-state index in [0.717, 1.165) is 13.2 Å². The first kappa shape index (κ1) is 8.31. The molecule has 2 rings (SSSR count). The van der Waals surface area contributed by atoms with Crippen LogP contribution < -0.4 is 5.32 Å². The molecule has 0 aromatic heterocycles. The molecule has 2 fully saturated rings. The molecule has 2 aliphatic heterocycles. The van der Waals surface area contributed by atoms with E-state index in [1.807, 2.05) is 0 Å². The molecule has 2 saturated heterocycles. The standard InChI is InChI=1S/C7H13NO.ClH/c1-2-6-4-9-5-7(3-1)8-6;/h6-8H,1-5H2;1H. The topological polar surface area (TPSA) is 21.3 Å². The van der Waals surface area contributed by atoms with Crippen molar-refractivity contribution in [1.82, 2.24) is 5.32 Å². The molecule has 0 aromatic rings. The molecular weight excluding hydrogens is 150 g/mol. The average molecular weight is 164 g/mol. The molecule has 10 heavy (non-hydrogen) atoms. The van der Waals surface area contributed by atoms with Crippen LogP contribution in [0, 0.1) is 0 Å². The van der Waals surface area contributed by atoms with Crippen molar-refractivity contribution in [3.05, 3.63) is 0 Å². The van der Waals surface area contributed by atoms with Crippen LogP contribution >= 0.6 is 12.4 Å². The molecule has 1 N–H and O–H groups in total. The number of hydrogen-bond acceptors (Lipinski definition) is 2. The second-order valence-corrected chi connectivity index (χ2v) is 3.03. The molecule has 0 saturated carbocycles. The molecule has 2 aliphatic rings. The molecule has 0 radical (unpaired) electrons. The Kier molecular flexibility index (Phi) is 2.96. The van der Waals surface area contributed by atoms with E-state index in [1.165, 1.54) is 19.3 Å². The molecule has 2 nitrogen and oxygen atoms in total. The van der Waals surface area contributed by atoms with Gasteiger partial charge in [0.15, 0.2) is 0 Å². The fraction of sp³-hybridized carbons (Fsp3) is 1.00. The predicted molar refractivity (Wildman–Crippen MR) is 42.6 cm³/mol. The minimum absolute atomic E-state index is 0. The summed E-state index contributed by atoms with van der Waals surface area (Å²) < 4.78 is 5.37. The summed E-state index contributed by atoms with van der Waals surface area (Å²) in [5.74, 6) is 0. The van der Waals surface area contributed by atoms with Gasteiger partial charge in [0.05, 0.1) is 13.2 Å². The summed E-state index contributed by atoms with van der Waals surface area (Å²) in [5, 5.41) is 3.53. The molecule has 0 aromatic carbocycles. The van der Waals surface area contributed by atoms with Crippen LogP contribution in [0.1, 0.15) is 19.3 Å². The maximum absolute atomic E-state index is 5.37. The second kappa shape index (κ2) is 3.56. The van der Waals surface area contributed by atoms with Crippen LogP contribution in [0.5, 0.6) is 0 Å². The SMILES string of the molecule is C1CC2COCC(C1)N2.Cl. The molecule has 3 heteroatoms. The van der Waals surface area contributed by atoms with Crippen LogP contribution in [0.15, 0.2) is 0 Å². The highest BCUT2D eigenvalue weighted by Gasteiger charge is 2.24. The van der Waals surface area contributed by atoms with Crippen LogP contribution in [-0.2, 0) is 4.74 Å². The molecule has 2 unspecified atom stereocenters. The van der Waals surface area contributed by atoms with Gasteiger partial charge in [-0.2, -0.15) is 0 Å². The highest BCUT2D eigenvalue weighted by molar-refractivity contribution is 5.85. The van der Waals surface area contributed by atoms with Gasteiger partial charge in [-0.15, -0.1) is 12.4 Å². The quantitative estimate of drug-likeness (QED) is 0.574. The Labute approximate surface area is 67.7 Å². The number of fused-ring (bicyclic) bond motifs is 2. The molecule has 0 spiro atoms. The highest BCUT2D eigenvalue weighted by Crippen LogP contribution is 2.16. The normalized spacial score (nSPS) is 38.4. The number of halogens is 1. The lowest BCUT2D eigenvalue weighted by Crippen LogP contribution is -2.51. The third-order valence-electron chi connectivity index (χ3n) is 2.21. The van der Waals surface area contributed by atoms with Gasteiger partial charge < -0.3 is 10.1 Å². The molecule has 0 amide bonds. The molecule has 2 bridgehead atoms. The van der Waals surface area contributed by atoms with Crippen molar-refractivity contribution in [2.24, 2.45) is 0 Å². The second-order valence-electron chi connectivity index (χ2n) is 3.03. The lowest BCUT2D eigenvalue weighted by atomic mass is 9.98. The Morgan fingerprint density at radius 1 is 1.10 bits per heavy atom. The maximum atomic E-state index is 5.37. The van der Waals surface area contributed by atoms with E-state index < -0.39 is 0 Å². The predicted octanol–water partition coefficient (Wildman–Crippen LogP) is 0.949. The van der Waals surface area contributed by atoms with Gasteiger partial charge in [0.2, 0.25) is 0 Å². The van der Waals surface area contributed by atoms with Gasteiger partial charge >= 0.3 is 0 Å². The van der Waals surface area contributed by atoms with E-state index in [-0.39, 0.29) is 12.4 Å².